The van der Waals surface area contributed by atoms with Crippen LogP contribution in [0.15, 0.2) is 30.3 Å². The van der Waals surface area contributed by atoms with Gasteiger partial charge in [0.25, 0.3) is 0 Å². The monoisotopic (exact) mass is 485 g/mol. The number of methoxy groups -OCH3 is 1. The molecule has 3 atom stereocenters. The number of hydrogen-bond acceptors (Lipinski definition) is 4. The number of esters is 1. The van der Waals surface area contributed by atoms with Crippen LogP contribution < -0.4 is 0 Å². The molecule has 0 spiro atoms. The van der Waals surface area contributed by atoms with Gasteiger partial charge in [-0.2, -0.15) is 0 Å². The van der Waals surface area contributed by atoms with E-state index in [1.165, 1.54) is 12.0 Å². The van der Waals surface area contributed by atoms with Gasteiger partial charge in [-0.05, 0) is 33.6 Å². The van der Waals surface area contributed by atoms with E-state index in [1.807, 2.05) is 51.1 Å². The quantitative estimate of drug-likeness (QED) is 0.296. The Bertz CT molecular complexity index is 923. The van der Waals surface area contributed by atoms with Gasteiger partial charge in [0.05, 0.1) is 31.4 Å². The Morgan fingerprint density at radius 2 is 1.43 bits per heavy atom. The Labute approximate surface area is 213 Å². The molecule has 35 heavy (non-hydrogen) atoms. The van der Waals surface area contributed by atoms with Crippen molar-refractivity contribution in [1.29, 1.82) is 0 Å². The fraction of sp³-hybridized carbons (Fsp3) is 0.700. The van der Waals surface area contributed by atoms with Crippen molar-refractivity contribution in [2.24, 2.45) is 39.4 Å². The molecule has 196 valence electrons. The van der Waals surface area contributed by atoms with E-state index in [4.69, 9.17) is 4.74 Å². The summed E-state index contributed by atoms with van der Waals surface area (Å²) in [6.45, 7) is 21.2. The molecule has 1 aromatic rings. The number of benzene rings is 1. The number of imide groups is 1. The minimum absolute atomic E-state index is 0.0834. The van der Waals surface area contributed by atoms with Crippen LogP contribution in [0.4, 0.5) is 0 Å². The number of nitrogens with zero attached hydrogens (tertiary/aromatic N) is 1. The van der Waals surface area contributed by atoms with Gasteiger partial charge in [-0.3, -0.25) is 19.3 Å². The third-order valence-electron chi connectivity index (χ3n) is 9.10. The lowest BCUT2D eigenvalue weighted by atomic mass is 9.52. The molecule has 2 rings (SSSR count). The van der Waals surface area contributed by atoms with E-state index in [9.17, 15) is 14.4 Å². The van der Waals surface area contributed by atoms with Crippen molar-refractivity contribution in [1.82, 2.24) is 4.90 Å². The van der Waals surface area contributed by atoms with Crippen LogP contribution in [0.3, 0.4) is 0 Å². The largest absolute Gasteiger partial charge is 0.469 e. The smallest absolute Gasteiger partial charge is 0.309 e. The van der Waals surface area contributed by atoms with E-state index in [1.54, 1.807) is 0 Å². The maximum Gasteiger partial charge on any atom is 0.309 e. The molecule has 1 aliphatic heterocycles. The van der Waals surface area contributed by atoms with Gasteiger partial charge in [0.1, 0.15) is 0 Å². The van der Waals surface area contributed by atoms with Crippen LogP contribution in [-0.4, -0.2) is 29.8 Å². The second-order valence-electron chi connectivity index (χ2n) is 13.3. The molecule has 0 aromatic heterocycles. The first-order valence-electron chi connectivity index (χ1n) is 12.9. The first kappa shape index (κ1) is 29.1. The van der Waals surface area contributed by atoms with Gasteiger partial charge < -0.3 is 4.74 Å². The topological polar surface area (TPSA) is 63.7 Å². The zero-order chi connectivity index (χ0) is 27.0. The van der Waals surface area contributed by atoms with Crippen LogP contribution in [0.25, 0.3) is 0 Å². The average molecular weight is 486 g/mol. The summed E-state index contributed by atoms with van der Waals surface area (Å²) in [6.07, 6.45) is 1.35. The lowest BCUT2D eigenvalue weighted by Crippen LogP contribution is -2.49. The highest BCUT2D eigenvalue weighted by Crippen LogP contribution is 2.58. The molecule has 0 N–H and O–H groups in total. The number of carbonyl (C=O) groups excluding carboxylic acids is 3. The normalized spacial score (nSPS) is 20.8. The number of carbonyl (C=O) groups is 3. The minimum atomic E-state index is -0.556. The van der Waals surface area contributed by atoms with Crippen LogP contribution in [-0.2, 0) is 25.7 Å². The number of rotatable bonds is 9. The Morgan fingerprint density at radius 3 is 1.89 bits per heavy atom. The van der Waals surface area contributed by atoms with Crippen molar-refractivity contribution in [2.75, 3.05) is 7.11 Å². The second-order valence-corrected chi connectivity index (χ2v) is 13.3. The predicted octanol–water partition coefficient (Wildman–Crippen LogP) is 6.50. The molecule has 1 aromatic carbocycles. The summed E-state index contributed by atoms with van der Waals surface area (Å²) in [5.74, 6) is -1.65. The van der Waals surface area contributed by atoms with Crippen molar-refractivity contribution in [3.05, 3.63) is 35.9 Å². The summed E-state index contributed by atoms with van der Waals surface area (Å²) in [6, 6.07) is 9.69. The minimum Gasteiger partial charge on any atom is -0.469 e. The van der Waals surface area contributed by atoms with E-state index in [0.717, 1.165) is 12.0 Å². The summed E-state index contributed by atoms with van der Waals surface area (Å²) >= 11 is 0. The molecule has 2 amide bonds. The van der Waals surface area contributed by atoms with Crippen LogP contribution in [0.1, 0.15) is 87.6 Å². The SMILES string of the molecule is CCC(C)(C)C1C(=O)N(Cc2ccccc2)C(=O)C1C(C)(C)C(C)(C)CC(C(=O)OC)C(C)(C)C. The Hall–Kier alpha value is -2.17. The van der Waals surface area contributed by atoms with E-state index in [-0.39, 0.29) is 41.1 Å². The first-order chi connectivity index (χ1) is 15.9. The molecule has 1 heterocycles. The Kier molecular flexibility index (Phi) is 8.36. The highest BCUT2D eigenvalue weighted by molar-refractivity contribution is 6.05. The number of amides is 2. The molecular formula is C30H47NO4. The zero-order valence-corrected chi connectivity index (χ0v) is 23.8. The zero-order valence-electron chi connectivity index (χ0n) is 23.8. The van der Waals surface area contributed by atoms with Gasteiger partial charge in [0, 0.05) is 0 Å². The lowest BCUT2D eigenvalue weighted by molar-refractivity contribution is -0.153. The van der Waals surface area contributed by atoms with E-state index in [0.29, 0.717) is 6.42 Å². The van der Waals surface area contributed by atoms with Gasteiger partial charge in [-0.15, -0.1) is 0 Å². The van der Waals surface area contributed by atoms with Crippen molar-refractivity contribution >= 4 is 17.8 Å². The van der Waals surface area contributed by atoms with Crippen LogP contribution >= 0.6 is 0 Å². The fourth-order valence-electron chi connectivity index (χ4n) is 5.46. The maximum absolute atomic E-state index is 14.1. The van der Waals surface area contributed by atoms with Crippen molar-refractivity contribution in [2.45, 2.75) is 88.6 Å². The first-order valence-corrected chi connectivity index (χ1v) is 12.9. The standard InChI is InChI=1S/C30H47NO4/c1-12-28(5,6)22-23(25(33)31(24(22)32)19-20-16-14-13-15-17-20)30(9,10)29(7,8)18-21(26(34)35-11)27(2,3)4/h13-17,21-23H,12,18-19H2,1-11H3. The van der Waals surface area contributed by atoms with Gasteiger partial charge in [0.15, 0.2) is 0 Å². The van der Waals surface area contributed by atoms with E-state index < -0.39 is 22.7 Å². The van der Waals surface area contributed by atoms with Crippen molar-refractivity contribution < 1.29 is 19.1 Å². The highest BCUT2D eigenvalue weighted by atomic mass is 16.5. The highest BCUT2D eigenvalue weighted by Gasteiger charge is 2.61. The molecule has 0 radical (unpaired) electrons. The molecule has 5 heteroatoms. The molecule has 5 nitrogen and oxygen atoms in total. The summed E-state index contributed by atoms with van der Waals surface area (Å²) in [5.41, 5.74) is -0.678. The maximum atomic E-state index is 14.1. The molecule has 1 aliphatic rings. The molecule has 3 unspecified atom stereocenters. The number of likely N-dealkylation sites (tertiary alicyclic amines) is 1. The Morgan fingerprint density at radius 1 is 0.914 bits per heavy atom. The van der Waals surface area contributed by atoms with E-state index in [2.05, 4.69) is 48.5 Å². The van der Waals surface area contributed by atoms with Gasteiger partial charge in [0.2, 0.25) is 11.8 Å². The summed E-state index contributed by atoms with van der Waals surface area (Å²) in [7, 11) is 1.43. The molecule has 0 aliphatic carbocycles. The third-order valence-corrected chi connectivity index (χ3v) is 9.10. The summed E-state index contributed by atoms with van der Waals surface area (Å²) < 4.78 is 5.17. The van der Waals surface area contributed by atoms with Gasteiger partial charge >= 0.3 is 5.97 Å². The number of hydrogen-bond donors (Lipinski definition) is 0. The Balaban J connectivity index is 2.55. The van der Waals surface area contributed by atoms with Crippen LogP contribution in [0.2, 0.25) is 0 Å². The molecule has 0 bridgehead atoms. The predicted molar refractivity (Wildman–Crippen MR) is 140 cm³/mol. The lowest BCUT2D eigenvalue weighted by Gasteiger charge is -2.50. The third kappa shape index (κ3) is 5.65. The fourth-order valence-corrected chi connectivity index (χ4v) is 5.46. The van der Waals surface area contributed by atoms with Crippen molar-refractivity contribution in [3.8, 4) is 0 Å². The van der Waals surface area contributed by atoms with Crippen LogP contribution in [0, 0.1) is 39.4 Å². The average Bonchev–Trinajstić information content (AvgIpc) is 3.02. The van der Waals surface area contributed by atoms with Gasteiger partial charge in [-0.25, -0.2) is 0 Å². The van der Waals surface area contributed by atoms with Crippen molar-refractivity contribution in [3.63, 3.8) is 0 Å². The second kappa shape index (κ2) is 10.1. The molecule has 1 fully saturated rings. The number of ether oxygens (including phenoxy) is 1. The molecular weight excluding hydrogens is 438 g/mol. The molecule has 1 saturated heterocycles. The molecule has 0 saturated carbocycles. The van der Waals surface area contributed by atoms with E-state index >= 15 is 0 Å². The van der Waals surface area contributed by atoms with Gasteiger partial charge in [-0.1, -0.05) is 106 Å². The summed E-state index contributed by atoms with van der Waals surface area (Å²) in [5, 5.41) is 0. The van der Waals surface area contributed by atoms with Crippen LogP contribution in [0.5, 0.6) is 0 Å². The summed E-state index contributed by atoms with van der Waals surface area (Å²) in [4.78, 5) is 42.2.